The molecule has 0 saturated heterocycles. The number of carbonyl (C=O) groups is 3. The number of likely N-dealkylation sites (N-methyl/N-ethyl adjacent to an activating group) is 1. The molecular formula is C26H24N2O6. The Morgan fingerprint density at radius 3 is 2.24 bits per heavy atom. The van der Waals surface area contributed by atoms with Crippen LogP contribution >= 0.6 is 0 Å². The largest absolute Gasteiger partial charge is 0.479 e. The van der Waals surface area contributed by atoms with Crippen LogP contribution in [0.1, 0.15) is 46.2 Å². The Kier molecular flexibility index (Phi) is 5.36. The number of hydrogen-bond donors (Lipinski definition) is 2. The van der Waals surface area contributed by atoms with Crippen LogP contribution in [0.3, 0.4) is 0 Å². The van der Waals surface area contributed by atoms with Gasteiger partial charge in [-0.05, 0) is 47.2 Å². The number of carboxylic acid groups (broad SMARTS) is 1. The molecule has 2 aliphatic rings. The van der Waals surface area contributed by atoms with Gasteiger partial charge in [-0.1, -0.05) is 48.5 Å². The molecule has 2 aliphatic carbocycles. The highest BCUT2D eigenvalue weighted by molar-refractivity contribution is 5.97. The van der Waals surface area contributed by atoms with Crippen molar-refractivity contribution >= 4 is 18.0 Å². The van der Waals surface area contributed by atoms with E-state index in [1.54, 1.807) is 6.07 Å². The van der Waals surface area contributed by atoms with E-state index in [1.165, 1.54) is 18.0 Å². The average Bonchev–Trinajstić information content (AvgIpc) is 3.43. The van der Waals surface area contributed by atoms with Gasteiger partial charge in [0.2, 0.25) is 0 Å². The van der Waals surface area contributed by atoms with Crippen LogP contribution in [-0.2, 0) is 16.1 Å². The number of hydrogen-bond acceptors (Lipinski definition) is 5. The van der Waals surface area contributed by atoms with Gasteiger partial charge in [0.25, 0.3) is 5.91 Å². The molecule has 1 saturated carbocycles. The van der Waals surface area contributed by atoms with Gasteiger partial charge in [-0.3, -0.25) is 4.79 Å². The van der Waals surface area contributed by atoms with Crippen LogP contribution in [0.15, 0.2) is 65.1 Å². The Morgan fingerprint density at radius 2 is 1.65 bits per heavy atom. The van der Waals surface area contributed by atoms with Gasteiger partial charge in [-0.2, -0.15) is 0 Å². The first-order chi connectivity index (χ1) is 16.4. The molecule has 2 N–H and O–H groups in total. The lowest BCUT2D eigenvalue weighted by atomic mass is 9.98. The molecule has 0 spiro atoms. The zero-order valence-corrected chi connectivity index (χ0v) is 18.6. The first-order valence-corrected chi connectivity index (χ1v) is 11.1. The fourth-order valence-corrected chi connectivity index (χ4v) is 4.57. The van der Waals surface area contributed by atoms with Crippen molar-refractivity contribution in [1.82, 2.24) is 10.2 Å². The van der Waals surface area contributed by atoms with Crippen LogP contribution in [0.25, 0.3) is 11.1 Å². The van der Waals surface area contributed by atoms with E-state index in [0.717, 1.165) is 22.3 Å². The zero-order valence-electron chi connectivity index (χ0n) is 18.6. The fraction of sp³-hybridized carbons (Fsp3) is 0.269. The smallest absolute Gasteiger partial charge is 0.407 e. The van der Waals surface area contributed by atoms with Crippen LogP contribution in [0, 0.1) is 0 Å². The third-order valence-electron chi connectivity index (χ3n) is 6.69. The van der Waals surface area contributed by atoms with Crippen molar-refractivity contribution in [2.45, 2.75) is 30.8 Å². The summed E-state index contributed by atoms with van der Waals surface area (Å²) in [6, 6.07) is 19.3. The predicted octanol–water partition coefficient (Wildman–Crippen LogP) is 4.01. The van der Waals surface area contributed by atoms with Crippen LogP contribution in [0.2, 0.25) is 0 Å². The molecule has 0 bridgehead atoms. The van der Waals surface area contributed by atoms with E-state index in [9.17, 15) is 19.5 Å². The highest BCUT2D eigenvalue weighted by Gasteiger charge is 2.56. The third-order valence-corrected chi connectivity index (χ3v) is 6.69. The van der Waals surface area contributed by atoms with Gasteiger partial charge < -0.3 is 24.5 Å². The maximum absolute atomic E-state index is 12.6. The number of amides is 2. The molecule has 2 amide bonds. The Labute approximate surface area is 196 Å². The molecule has 0 aliphatic heterocycles. The summed E-state index contributed by atoms with van der Waals surface area (Å²) >= 11 is 0. The predicted molar refractivity (Wildman–Crippen MR) is 122 cm³/mol. The standard InChI is InChI=1S/C26H24N2O6/c1-28(26(12-13-26)24(30)31)23(29)22-11-10-16(34-22)14-27-25(32)33-15-21-19-8-4-2-6-17(19)18-7-3-5-9-20(18)21/h2-11,21H,12-15H2,1H3,(H,27,32)(H,30,31). The van der Waals surface area contributed by atoms with E-state index < -0.39 is 23.5 Å². The lowest BCUT2D eigenvalue weighted by Crippen LogP contribution is -2.44. The van der Waals surface area contributed by atoms with Crippen LogP contribution in [0.5, 0.6) is 0 Å². The quantitative estimate of drug-likeness (QED) is 0.552. The number of benzene rings is 2. The van der Waals surface area contributed by atoms with Crippen LogP contribution in [-0.4, -0.2) is 47.2 Å². The first-order valence-electron chi connectivity index (χ1n) is 11.1. The molecule has 5 rings (SSSR count). The maximum atomic E-state index is 12.6. The summed E-state index contributed by atoms with van der Waals surface area (Å²) in [6.45, 7) is 0.238. The topological polar surface area (TPSA) is 109 Å². The Balaban J connectivity index is 1.17. The van der Waals surface area contributed by atoms with Gasteiger partial charge in [-0.15, -0.1) is 0 Å². The van der Waals surface area contributed by atoms with Crippen molar-refractivity contribution in [1.29, 1.82) is 0 Å². The number of aliphatic carboxylic acids is 1. The van der Waals surface area contributed by atoms with E-state index in [2.05, 4.69) is 29.6 Å². The van der Waals surface area contributed by atoms with Crippen molar-refractivity contribution in [2.75, 3.05) is 13.7 Å². The Hall–Kier alpha value is -4.07. The lowest BCUT2D eigenvalue weighted by molar-refractivity contribution is -0.143. The number of furan rings is 1. The zero-order chi connectivity index (χ0) is 23.9. The van der Waals surface area contributed by atoms with E-state index in [0.29, 0.717) is 18.6 Å². The molecule has 2 aromatic carbocycles. The van der Waals surface area contributed by atoms with Gasteiger partial charge >= 0.3 is 12.1 Å². The van der Waals surface area contributed by atoms with E-state index >= 15 is 0 Å². The Bertz CT molecular complexity index is 1230. The summed E-state index contributed by atoms with van der Waals surface area (Å²) in [5.74, 6) is -1.17. The summed E-state index contributed by atoms with van der Waals surface area (Å²) < 4.78 is 11.0. The molecule has 0 radical (unpaired) electrons. The molecule has 1 fully saturated rings. The van der Waals surface area contributed by atoms with Crippen molar-refractivity contribution in [3.63, 3.8) is 0 Å². The summed E-state index contributed by atoms with van der Waals surface area (Å²) in [7, 11) is 1.46. The minimum atomic E-state index is -1.15. The van der Waals surface area contributed by atoms with Gasteiger partial charge in [0, 0.05) is 13.0 Å². The molecule has 8 heteroatoms. The second-order valence-electron chi connectivity index (χ2n) is 8.65. The molecule has 3 aromatic rings. The molecule has 1 heterocycles. The molecule has 0 atom stereocenters. The Morgan fingerprint density at radius 1 is 1.03 bits per heavy atom. The second-order valence-corrected chi connectivity index (χ2v) is 8.65. The number of fused-ring (bicyclic) bond motifs is 3. The third kappa shape index (κ3) is 3.71. The minimum absolute atomic E-state index is 0.0272. The van der Waals surface area contributed by atoms with E-state index in [4.69, 9.17) is 9.15 Å². The molecular weight excluding hydrogens is 436 g/mol. The minimum Gasteiger partial charge on any atom is -0.479 e. The van der Waals surface area contributed by atoms with Crippen molar-refractivity contribution < 1.29 is 28.6 Å². The molecule has 174 valence electrons. The molecule has 34 heavy (non-hydrogen) atoms. The first kappa shape index (κ1) is 21.8. The number of nitrogens with zero attached hydrogens (tertiary/aromatic N) is 1. The van der Waals surface area contributed by atoms with Gasteiger partial charge in [0.05, 0.1) is 6.54 Å². The van der Waals surface area contributed by atoms with Crippen molar-refractivity contribution in [2.24, 2.45) is 0 Å². The molecule has 0 unspecified atom stereocenters. The lowest BCUT2D eigenvalue weighted by Gasteiger charge is -2.23. The molecule has 8 nitrogen and oxygen atoms in total. The SMILES string of the molecule is CN(C(=O)c1ccc(CNC(=O)OCC2c3ccccc3-c3ccccc32)o1)C1(C(=O)O)CC1. The maximum Gasteiger partial charge on any atom is 0.407 e. The monoisotopic (exact) mass is 460 g/mol. The normalized spacial score (nSPS) is 15.2. The average molecular weight is 460 g/mol. The highest BCUT2D eigenvalue weighted by atomic mass is 16.5. The van der Waals surface area contributed by atoms with Gasteiger partial charge in [0.15, 0.2) is 5.76 Å². The summed E-state index contributed by atoms with van der Waals surface area (Å²) in [6.07, 6.45) is 0.245. The highest BCUT2D eigenvalue weighted by Crippen LogP contribution is 2.44. The summed E-state index contributed by atoms with van der Waals surface area (Å²) in [5, 5.41) is 12.0. The second kappa shape index (κ2) is 8.37. The fourth-order valence-electron chi connectivity index (χ4n) is 4.57. The number of carbonyl (C=O) groups excluding carboxylic acids is 2. The van der Waals surface area contributed by atoms with Crippen molar-refractivity contribution in [3.05, 3.63) is 83.3 Å². The number of ether oxygens (including phenoxy) is 1. The summed E-state index contributed by atoms with van der Waals surface area (Å²) in [5.41, 5.74) is 3.42. The van der Waals surface area contributed by atoms with E-state index in [1.807, 2.05) is 24.3 Å². The number of carboxylic acids is 1. The van der Waals surface area contributed by atoms with Crippen LogP contribution in [0.4, 0.5) is 4.79 Å². The van der Waals surface area contributed by atoms with Gasteiger partial charge in [-0.25, -0.2) is 9.59 Å². The van der Waals surface area contributed by atoms with Gasteiger partial charge in [0.1, 0.15) is 17.9 Å². The molecule has 1 aromatic heterocycles. The number of rotatable bonds is 7. The van der Waals surface area contributed by atoms with E-state index in [-0.39, 0.29) is 24.8 Å². The number of alkyl carbamates (subject to hydrolysis) is 1. The van der Waals surface area contributed by atoms with Crippen LogP contribution < -0.4 is 5.32 Å². The summed E-state index contributed by atoms with van der Waals surface area (Å²) in [4.78, 5) is 37.6. The van der Waals surface area contributed by atoms with Crippen molar-refractivity contribution in [3.8, 4) is 11.1 Å². The number of nitrogens with one attached hydrogen (secondary N) is 1.